The van der Waals surface area contributed by atoms with E-state index >= 15 is 0 Å². The minimum Gasteiger partial charge on any atom is -0.395 e. The highest BCUT2D eigenvalue weighted by Gasteiger charge is 2.43. The molecule has 1 aliphatic heterocycles. The number of rotatable bonds is 4. The number of benzene rings is 2. The summed E-state index contributed by atoms with van der Waals surface area (Å²) in [7, 11) is 0. The van der Waals surface area contributed by atoms with Gasteiger partial charge in [0.05, 0.1) is 0 Å². The highest BCUT2D eigenvalue weighted by atomic mass is 35.5. The summed E-state index contributed by atoms with van der Waals surface area (Å²) in [5, 5.41) is 3.90. The van der Waals surface area contributed by atoms with E-state index in [-0.39, 0.29) is 11.5 Å². The van der Waals surface area contributed by atoms with Crippen molar-refractivity contribution in [3.63, 3.8) is 0 Å². The topological polar surface area (TPSA) is 43.4 Å². The summed E-state index contributed by atoms with van der Waals surface area (Å²) in [5.74, 6) is 0.734. The number of pyridine rings is 1. The van der Waals surface area contributed by atoms with Gasteiger partial charge in [-0.1, -0.05) is 29.8 Å². The van der Waals surface area contributed by atoms with Crippen LogP contribution < -0.4 is 14.8 Å². The van der Waals surface area contributed by atoms with Crippen LogP contribution in [-0.2, 0) is 6.54 Å². The van der Waals surface area contributed by atoms with Crippen LogP contribution in [0.25, 0.3) is 11.1 Å². The van der Waals surface area contributed by atoms with E-state index in [1.165, 1.54) is 6.07 Å². The standard InChI is InChI=1S/C20H15ClF2N2O2/c1-12-8-17-18(27-20(22,23)26-17)9-15(12)13-6-7-19(24-10-13)25-11-14-4-2-3-5-16(14)21/h2-10H,11H2,1H3,(H,24,25). The van der Waals surface area contributed by atoms with Crippen molar-refractivity contribution in [3.05, 3.63) is 70.9 Å². The minimum atomic E-state index is -3.63. The monoisotopic (exact) mass is 388 g/mol. The molecule has 1 aliphatic rings. The zero-order valence-corrected chi connectivity index (χ0v) is 15.1. The summed E-state index contributed by atoms with van der Waals surface area (Å²) in [4.78, 5) is 4.39. The molecule has 2 aromatic carbocycles. The normalized spacial score (nSPS) is 14.2. The lowest BCUT2D eigenvalue weighted by Crippen LogP contribution is -2.25. The molecule has 1 aromatic heterocycles. The lowest BCUT2D eigenvalue weighted by Gasteiger charge is -2.10. The fraction of sp³-hybridized carbons (Fsp3) is 0.150. The summed E-state index contributed by atoms with van der Waals surface area (Å²) in [6, 6.07) is 14.3. The first-order chi connectivity index (χ1) is 12.9. The highest BCUT2D eigenvalue weighted by molar-refractivity contribution is 6.31. The minimum absolute atomic E-state index is 0.0153. The summed E-state index contributed by atoms with van der Waals surface area (Å²) in [6.45, 7) is 2.36. The second-order valence-electron chi connectivity index (χ2n) is 6.16. The molecule has 1 N–H and O–H groups in total. The van der Waals surface area contributed by atoms with Gasteiger partial charge in [-0.3, -0.25) is 0 Å². The Morgan fingerprint density at radius 3 is 2.52 bits per heavy atom. The van der Waals surface area contributed by atoms with Gasteiger partial charge < -0.3 is 14.8 Å². The van der Waals surface area contributed by atoms with E-state index in [1.807, 2.05) is 43.3 Å². The van der Waals surface area contributed by atoms with Gasteiger partial charge in [0, 0.05) is 23.3 Å². The number of alkyl halides is 2. The zero-order chi connectivity index (χ0) is 19.0. The number of nitrogens with zero attached hydrogens (tertiary/aromatic N) is 1. The maximum atomic E-state index is 13.2. The van der Waals surface area contributed by atoms with Gasteiger partial charge in [0.1, 0.15) is 5.82 Å². The molecule has 0 unspecified atom stereocenters. The fourth-order valence-electron chi connectivity index (χ4n) is 2.89. The molecule has 2 heterocycles. The third-order valence-corrected chi connectivity index (χ3v) is 4.61. The van der Waals surface area contributed by atoms with Crippen molar-refractivity contribution >= 4 is 17.4 Å². The smallest absolute Gasteiger partial charge is 0.395 e. The van der Waals surface area contributed by atoms with E-state index in [4.69, 9.17) is 11.6 Å². The van der Waals surface area contributed by atoms with Crippen molar-refractivity contribution in [2.45, 2.75) is 19.8 Å². The average molecular weight is 389 g/mol. The van der Waals surface area contributed by atoms with Crippen LogP contribution in [0.1, 0.15) is 11.1 Å². The fourth-order valence-corrected chi connectivity index (χ4v) is 3.10. The molecule has 0 atom stereocenters. The van der Waals surface area contributed by atoms with Crippen LogP contribution in [0.5, 0.6) is 11.5 Å². The number of fused-ring (bicyclic) bond motifs is 1. The van der Waals surface area contributed by atoms with Crippen molar-refractivity contribution in [2.24, 2.45) is 0 Å². The zero-order valence-electron chi connectivity index (χ0n) is 14.3. The number of nitrogens with one attached hydrogen (secondary N) is 1. The largest absolute Gasteiger partial charge is 0.586 e. The van der Waals surface area contributed by atoms with Crippen LogP contribution in [0, 0.1) is 6.92 Å². The molecule has 0 spiro atoms. The molecule has 4 rings (SSSR count). The van der Waals surface area contributed by atoms with E-state index in [1.54, 1.807) is 12.3 Å². The summed E-state index contributed by atoms with van der Waals surface area (Å²) < 4.78 is 35.5. The number of halogens is 3. The van der Waals surface area contributed by atoms with Gasteiger partial charge in [0.15, 0.2) is 11.5 Å². The molecule has 0 aliphatic carbocycles. The molecule has 0 saturated carbocycles. The Balaban J connectivity index is 1.52. The molecule has 0 fully saturated rings. The molecule has 0 bridgehead atoms. The lowest BCUT2D eigenvalue weighted by atomic mass is 10.0. The van der Waals surface area contributed by atoms with Gasteiger partial charge in [-0.05, 0) is 53.9 Å². The number of ether oxygens (including phenoxy) is 2. The van der Waals surface area contributed by atoms with Crippen molar-refractivity contribution < 1.29 is 18.3 Å². The van der Waals surface area contributed by atoms with E-state index in [2.05, 4.69) is 19.8 Å². The van der Waals surface area contributed by atoms with Gasteiger partial charge in [0.25, 0.3) is 0 Å². The van der Waals surface area contributed by atoms with Gasteiger partial charge in [-0.15, -0.1) is 8.78 Å². The Labute approximate surface area is 159 Å². The van der Waals surface area contributed by atoms with Crippen LogP contribution in [0.2, 0.25) is 5.02 Å². The number of aryl methyl sites for hydroxylation is 1. The second kappa shape index (κ2) is 6.70. The average Bonchev–Trinajstić information content (AvgIpc) is 2.93. The third-order valence-electron chi connectivity index (χ3n) is 4.24. The molecular weight excluding hydrogens is 374 g/mol. The SMILES string of the molecule is Cc1cc2c(cc1-c1ccc(NCc3ccccc3Cl)nc1)OC(F)(F)O2. The number of hydrogen-bond donors (Lipinski definition) is 1. The predicted octanol–water partition coefficient (Wildman–Crippen LogP) is 5.64. The van der Waals surface area contributed by atoms with Crippen LogP contribution in [0.3, 0.4) is 0 Å². The third kappa shape index (κ3) is 3.66. The Kier molecular flexibility index (Phi) is 4.36. The summed E-state index contributed by atoms with van der Waals surface area (Å²) in [5.41, 5.74) is 3.30. The maximum Gasteiger partial charge on any atom is 0.586 e. The van der Waals surface area contributed by atoms with Crippen LogP contribution >= 0.6 is 11.6 Å². The van der Waals surface area contributed by atoms with E-state index < -0.39 is 6.29 Å². The Morgan fingerprint density at radius 1 is 1.07 bits per heavy atom. The number of hydrogen-bond acceptors (Lipinski definition) is 4. The molecule has 138 valence electrons. The predicted molar refractivity (Wildman–Crippen MR) is 99.4 cm³/mol. The second-order valence-corrected chi connectivity index (χ2v) is 6.57. The van der Waals surface area contributed by atoms with Gasteiger partial charge >= 0.3 is 6.29 Å². The number of aromatic nitrogens is 1. The van der Waals surface area contributed by atoms with Crippen LogP contribution in [0.15, 0.2) is 54.7 Å². The molecule has 0 saturated heterocycles. The molecule has 3 aromatic rings. The molecule has 0 amide bonds. The van der Waals surface area contributed by atoms with Crippen molar-refractivity contribution in [1.82, 2.24) is 4.98 Å². The quantitative estimate of drug-likeness (QED) is 0.627. The van der Waals surface area contributed by atoms with Crippen LogP contribution in [0.4, 0.5) is 14.6 Å². The Hall–Kier alpha value is -2.86. The van der Waals surface area contributed by atoms with Crippen molar-refractivity contribution in [2.75, 3.05) is 5.32 Å². The van der Waals surface area contributed by atoms with Crippen molar-refractivity contribution in [1.29, 1.82) is 0 Å². The van der Waals surface area contributed by atoms with Crippen LogP contribution in [-0.4, -0.2) is 11.3 Å². The highest BCUT2D eigenvalue weighted by Crippen LogP contribution is 2.44. The number of anilines is 1. The lowest BCUT2D eigenvalue weighted by molar-refractivity contribution is -0.286. The summed E-state index contributed by atoms with van der Waals surface area (Å²) >= 11 is 6.14. The van der Waals surface area contributed by atoms with Gasteiger partial charge in [-0.25, -0.2) is 4.98 Å². The van der Waals surface area contributed by atoms with E-state index in [0.29, 0.717) is 17.4 Å². The molecule has 7 heteroatoms. The molecule has 0 radical (unpaired) electrons. The first kappa shape index (κ1) is 17.5. The maximum absolute atomic E-state index is 13.2. The summed E-state index contributed by atoms with van der Waals surface area (Å²) in [6.07, 6.45) is -1.95. The van der Waals surface area contributed by atoms with Gasteiger partial charge in [-0.2, -0.15) is 0 Å². The molecule has 4 nitrogen and oxygen atoms in total. The Morgan fingerprint density at radius 2 is 1.81 bits per heavy atom. The molecule has 27 heavy (non-hydrogen) atoms. The van der Waals surface area contributed by atoms with Crippen molar-refractivity contribution in [3.8, 4) is 22.6 Å². The first-order valence-electron chi connectivity index (χ1n) is 8.25. The van der Waals surface area contributed by atoms with E-state index in [9.17, 15) is 8.78 Å². The van der Waals surface area contributed by atoms with Gasteiger partial charge in [0.2, 0.25) is 0 Å². The first-order valence-corrected chi connectivity index (χ1v) is 8.63. The molecular formula is C20H15ClF2N2O2. The van der Waals surface area contributed by atoms with E-state index in [0.717, 1.165) is 22.3 Å². The Bertz CT molecular complexity index is 994.